The van der Waals surface area contributed by atoms with Gasteiger partial charge in [0.25, 0.3) is 0 Å². The maximum Gasteiger partial charge on any atom is 0.213 e. The second-order valence-electron chi connectivity index (χ2n) is 3.39. The van der Waals surface area contributed by atoms with Crippen molar-refractivity contribution in [3.05, 3.63) is 59.4 Å². The van der Waals surface area contributed by atoms with Crippen molar-refractivity contribution in [2.75, 3.05) is 0 Å². The topological polar surface area (TPSA) is 42.9 Å². The van der Waals surface area contributed by atoms with Crippen molar-refractivity contribution in [1.82, 2.24) is 9.97 Å². The third-order valence-corrected chi connectivity index (χ3v) is 2.19. The van der Waals surface area contributed by atoms with Crippen LogP contribution in [0.1, 0.15) is 21.6 Å². The number of hydrogen-bond acceptors (Lipinski definition) is 3. The van der Waals surface area contributed by atoms with E-state index in [0.29, 0.717) is 5.69 Å². The van der Waals surface area contributed by atoms with E-state index in [1.54, 1.807) is 19.1 Å². The molecule has 3 nitrogen and oxygen atoms in total. The molecule has 0 aliphatic rings. The fourth-order valence-corrected chi connectivity index (χ4v) is 1.40. The molecule has 80 valence electrons. The molecule has 0 atom stereocenters. The summed E-state index contributed by atoms with van der Waals surface area (Å²) in [6.45, 7) is 1.78. The van der Waals surface area contributed by atoms with E-state index < -0.39 is 5.82 Å². The summed E-state index contributed by atoms with van der Waals surface area (Å²) >= 11 is 0. The van der Waals surface area contributed by atoms with E-state index in [4.69, 9.17) is 0 Å². The number of carbonyl (C=O) groups excluding carboxylic acids is 1. The zero-order chi connectivity index (χ0) is 11.5. The van der Waals surface area contributed by atoms with E-state index in [1.165, 1.54) is 12.4 Å². The molecule has 0 amide bonds. The number of aryl methyl sites for hydroxylation is 1. The van der Waals surface area contributed by atoms with Crippen LogP contribution in [0, 0.1) is 12.7 Å². The van der Waals surface area contributed by atoms with Gasteiger partial charge in [-0.1, -0.05) is 6.07 Å². The number of pyridine rings is 2. The van der Waals surface area contributed by atoms with Gasteiger partial charge in [0.2, 0.25) is 5.78 Å². The van der Waals surface area contributed by atoms with Gasteiger partial charge in [0.05, 0.1) is 6.20 Å². The minimum atomic E-state index is -0.528. The lowest BCUT2D eigenvalue weighted by atomic mass is 10.1. The number of nitrogens with zero attached hydrogens (tertiary/aromatic N) is 2. The molecule has 0 radical (unpaired) electrons. The first-order valence-corrected chi connectivity index (χ1v) is 4.75. The van der Waals surface area contributed by atoms with E-state index in [1.807, 2.05) is 0 Å². The van der Waals surface area contributed by atoms with Crippen LogP contribution in [0.15, 0.2) is 36.8 Å². The summed E-state index contributed by atoms with van der Waals surface area (Å²) in [5.74, 6) is -0.843. The fraction of sp³-hybridized carbons (Fsp3) is 0.0833. The molecule has 16 heavy (non-hydrogen) atoms. The van der Waals surface area contributed by atoms with Gasteiger partial charge in [-0.05, 0) is 24.6 Å². The van der Waals surface area contributed by atoms with Crippen LogP contribution in [0.4, 0.5) is 4.39 Å². The summed E-state index contributed by atoms with van der Waals surface area (Å²) in [6.07, 6.45) is 3.93. The SMILES string of the molecule is Cc1cccnc1C(=O)c1cncc(F)c1. The molecule has 2 heterocycles. The van der Waals surface area contributed by atoms with E-state index in [0.717, 1.165) is 17.8 Å². The van der Waals surface area contributed by atoms with E-state index >= 15 is 0 Å². The third kappa shape index (κ3) is 1.95. The fourth-order valence-electron chi connectivity index (χ4n) is 1.40. The van der Waals surface area contributed by atoms with Gasteiger partial charge >= 0.3 is 0 Å². The second-order valence-corrected chi connectivity index (χ2v) is 3.39. The molecule has 2 aromatic rings. The van der Waals surface area contributed by atoms with Gasteiger partial charge < -0.3 is 0 Å². The van der Waals surface area contributed by atoms with Gasteiger partial charge in [0.1, 0.15) is 11.5 Å². The van der Waals surface area contributed by atoms with Gasteiger partial charge in [-0.3, -0.25) is 14.8 Å². The Labute approximate surface area is 92.0 Å². The standard InChI is InChI=1S/C12H9FN2O/c1-8-3-2-4-15-11(8)12(16)9-5-10(13)7-14-6-9/h2-7H,1H3. The molecule has 0 fully saturated rings. The lowest BCUT2D eigenvalue weighted by Gasteiger charge is -2.02. The summed E-state index contributed by atoms with van der Waals surface area (Å²) in [4.78, 5) is 19.6. The number of hydrogen-bond donors (Lipinski definition) is 0. The molecule has 0 spiro atoms. The third-order valence-electron chi connectivity index (χ3n) is 2.19. The van der Waals surface area contributed by atoms with E-state index in [9.17, 15) is 9.18 Å². The first-order valence-electron chi connectivity index (χ1n) is 4.75. The number of rotatable bonds is 2. The van der Waals surface area contributed by atoms with Crippen LogP contribution in [0.2, 0.25) is 0 Å². The van der Waals surface area contributed by atoms with Crippen molar-refractivity contribution in [3.8, 4) is 0 Å². The Bertz CT molecular complexity index is 540. The monoisotopic (exact) mass is 216 g/mol. The highest BCUT2D eigenvalue weighted by Crippen LogP contribution is 2.11. The lowest BCUT2D eigenvalue weighted by molar-refractivity contribution is 0.103. The van der Waals surface area contributed by atoms with Gasteiger partial charge in [0, 0.05) is 18.0 Å². The van der Waals surface area contributed by atoms with Gasteiger partial charge in [-0.15, -0.1) is 0 Å². The molecule has 0 saturated heterocycles. The average Bonchev–Trinajstić information content (AvgIpc) is 2.29. The molecule has 2 aromatic heterocycles. The van der Waals surface area contributed by atoms with Crippen LogP contribution in [0.25, 0.3) is 0 Å². The first kappa shape index (κ1) is 10.4. The zero-order valence-electron chi connectivity index (χ0n) is 8.64. The summed E-state index contributed by atoms with van der Waals surface area (Å²) < 4.78 is 12.9. The molecular weight excluding hydrogens is 207 g/mol. The van der Waals surface area contributed by atoms with Crippen molar-refractivity contribution in [2.24, 2.45) is 0 Å². The summed E-state index contributed by atoms with van der Waals surface area (Å²) in [5.41, 5.74) is 1.30. The molecule has 4 heteroatoms. The molecular formula is C12H9FN2O. The van der Waals surface area contributed by atoms with Gasteiger partial charge in [0.15, 0.2) is 0 Å². The Balaban J connectivity index is 2.44. The molecule has 0 aromatic carbocycles. The van der Waals surface area contributed by atoms with Crippen molar-refractivity contribution < 1.29 is 9.18 Å². The summed E-state index contributed by atoms with van der Waals surface area (Å²) in [7, 11) is 0. The molecule has 0 aliphatic heterocycles. The van der Waals surface area contributed by atoms with Crippen LogP contribution >= 0.6 is 0 Å². The van der Waals surface area contributed by atoms with Crippen molar-refractivity contribution in [2.45, 2.75) is 6.92 Å². The smallest absolute Gasteiger partial charge is 0.213 e. The Morgan fingerprint density at radius 2 is 2.19 bits per heavy atom. The van der Waals surface area contributed by atoms with Gasteiger partial charge in [-0.2, -0.15) is 0 Å². The highest BCUT2D eigenvalue weighted by atomic mass is 19.1. The van der Waals surface area contributed by atoms with Crippen molar-refractivity contribution in [3.63, 3.8) is 0 Å². The molecule has 0 aliphatic carbocycles. The van der Waals surface area contributed by atoms with Crippen LogP contribution in [0.5, 0.6) is 0 Å². The highest BCUT2D eigenvalue weighted by Gasteiger charge is 2.13. The Morgan fingerprint density at radius 1 is 1.38 bits per heavy atom. The first-order chi connectivity index (χ1) is 7.68. The summed E-state index contributed by atoms with van der Waals surface area (Å²) in [6, 6.07) is 4.69. The van der Waals surface area contributed by atoms with E-state index in [-0.39, 0.29) is 11.3 Å². The van der Waals surface area contributed by atoms with Crippen molar-refractivity contribution in [1.29, 1.82) is 0 Å². The van der Waals surface area contributed by atoms with Crippen LogP contribution in [0.3, 0.4) is 0 Å². The Kier molecular flexibility index (Phi) is 2.72. The van der Waals surface area contributed by atoms with Crippen LogP contribution in [-0.2, 0) is 0 Å². The maximum atomic E-state index is 12.9. The quantitative estimate of drug-likeness (QED) is 0.722. The predicted octanol–water partition coefficient (Wildman–Crippen LogP) is 2.16. The van der Waals surface area contributed by atoms with Crippen molar-refractivity contribution >= 4 is 5.78 Å². The predicted molar refractivity (Wildman–Crippen MR) is 56.6 cm³/mol. The number of aromatic nitrogens is 2. The van der Waals surface area contributed by atoms with Crippen LogP contribution in [-0.4, -0.2) is 15.8 Å². The molecule has 0 bridgehead atoms. The number of carbonyl (C=O) groups is 1. The maximum absolute atomic E-state index is 12.9. The molecule has 0 saturated carbocycles. The molecule has 0 N–H and O–H groups in total. The van der Waals surface area contributed by atoms with Gasteiger partial charge in [-0.25, -0.2) is 4.39 Å². The molecule has 2 rings (SSSR count). The van der Waals surface area contributed by atoms with Crippen LogP contribution < -0.4 is 0 Å². The normalized spacial score (nSPS) is 10.1. The second kappa shape index (κ2) is 4.18. The Morgan fingerprint density at radius 3 is 2.88 bits per heavy atom. The largest absolute Gasteiger partial charge is 0.287 e. The van der Waals surface area contributed by atoms with E-state index in [2.05, 4.69) is 9.97 Å². The minimum Gasteiger partial charge on any atom is -0.287 e. The average molecular weight is 216 g/mol. The zero-order valence-corrected chi connectivity index (χ0v) is 8.64. The Hall–Kier alpha value is -2.10. The summed E-state index contributed by atoms with van der Waals surface area (Å²) in [5, 5.41) is 0. The lowest BCUT2D eigenvalue weighted by Crippen LogP contribution is -2.07. The number of ketones is 1. The highest BCUT2D eigenvalue weighted by molar-refractivity contribution is 6.08. The minimum absolute atomic E-state index is 0.210. The molecule has 0 unspecified atom stereocenters. The number of halogens is 1.